The molecule has 7 heteroatoms. The largest absolute Gasteiger partial charge is 0.310 e. The Labute approximate surface area is 150 Å². The number of carbonyl (C=O) groups excluding carboxylic acids is 1. The van der Waals surface area contributed by atoms with Crippen LogP contribution in [0.25, 0.3) is 5.69 Å². The van der Waals surface area contributed by atoms with Crippen molar-refractivity contribution in [3.05, 3.63) is 60.0 Å². The number of aromatic nitrogens is 4. The maximum atomic E-state index is 12.1. The molecule has 0 aliphatic carbocycles. The number of hydrogen-bond donors (Lipinski definition) is 1. The molecular weight excluding hydrogens is 334 g/mol. The second-order valence-corrected chi connectivity index (χ2v) is 6.47. The van der Waals surface area contributed by atoms with E-state index in [1.54, 1.807) is 18.6 Å². The van der Waals surface area contributed by atoms with Crippen LogP contribution >= 0.6 is 11.8 Å². The number of carbonyl (C=O) groups is 1. The maximum Gasteiger partial charge on any atom is 0.236 e. The molecule has 0 saturated carbocycles. The van der Waals surface area contributed by atoms with Gasteiger partial charge in [0.05, 0.1) is 11.4 Å². The quantitative estimate of drug-likeness (QED) is 0.689. The van der Waals surface area contributed by atoms with E-state index in [0.29, 0.717) is 11.0 Å². The Bertz CT molecular complexity index is 860. The van der Waals surface area contributed by atoms with Crippen LogP contribution < -0.4 is 5.32 Å². The van der Waals surface area contributed by atoms with E-state index in [2.05, 4.69) is 33.5 Å². The van der Waals surface area contributed by atoms with Gasteiger partial charge in [0.1, 0.15) is 12.1 Å². The van der Waals surface area contributed by atoms with Gasteiger partial charge in [-0.2, -0.15) is 0 Å². The summed E-state index contributed by atoms with van der Waals surface area (Å²) >= 11 is 1.35. The number of nitrogens with one attached hydrogen (secondary N) is 1. The van der Waals surface area contributed by atoms with Crippen LogP contribution in [0.4, 0.5) is 5.82 Å². The number of benzene rings is 1. The van der Waals surface area contributed by atoms with E-state index in [4.69, 9.17) is 0 Å². The van der Waals surface area contributed by atoms with Gasteiger partial charge in [0.15, 0.2) is 5.16 Å². The molecule has 2 aromatic heterocycles. The van der Waals surface area contributed by atoms with E-state index in [1.165, 1.54) is 17.3 Å². The Balaban J connectivity index is 1.67. The van der Waals surface area contributed by atoms with Crippen LogP contribution in [-0.4, -0.2) is 31.4 Å². The summed E-state index contributed by atoms with van der Waals surface area (Å²) in [5.74, 6) is 0.663. The summed E-state index contributed by atoms with van der Waals surface area (Å²) in [6.07, 6.45) is 4.31. The molecule has 1 N–H and O–H groups in total. The van der Waals surface area contributed by atoms with Gasteiger partial charge in [0.2, 0.25) is 5.91 Å². The number of anilines is 1. The number of amides is 1. The molecule has 3 aromatic rings. The maximum absolute atomic E-state index is 12.1. The number of nitrogens with zero attached hydrogens (tertiary/aromatic N) is 4. The molecule has 0 unspecified atom stereocenters. The van der Waals surface area contributed by atoms with Crippen LogP contribution in [0.15, 0.2) is 54.1 Å². The van der Waals surface area contributed by atoms with Gasteiger partial charge in [-0.05, 0) is 36.6 Å². The molecule has 0 radical (unpaired) electrons. The number of thioether (sulfide) groups is 1. The van der Waals surface area contributed by atoms with E-state index in [-0.39, 0.29) is 11.7 Å². The second kappa shape index (κ2) is 7.94. The Morgan fingerprint density at radius 2 is 2.08 bits per heavy atom. The number of pyridine rings is 1. The van der Waals surface area contributed by atoms with Crippen LogP contribution in [0.2, 0.25) is 0 Å². The summed E-state index contributed by atoms with van der Waals surface area (Å²) in [5, 5.41) is 11.6. The smallest absolute Gasteiger partial charge is 0.236 e. The number of aryl methyl sites for hydroxylation is 2. The molecule has 0 bridgehead atoms. The van der Waals surface area contributed by atoms with Crippen molar-refractivity contribution in [3.63, 3.8) is 0 Å². The van der Waals surface area contributed by atoms with Crippen LogP contribution in [0.1, 0.15) is 18.1 Å². The van der Waals surface area contributed by atoms with Crippen LogP contribution in [-0.2, 0) is 11.2 Å². The zero-order chi connectivity index (χ0) is 17.6. The number of hydrogen-bond acceptors (Lipinski definition) is 5. The lowest BCUT2D eigenvalue weighted by Gasteiger charge is -2.10. The molecule has 0 aliphatic rings. The first kappa shape index (κ1) is 17.2. The highest BCUT2D eigenvalue weighted by Crippen LogP contribution is 2.22. The molecule has 25 heavy (non-hydrogen) atoms. The fourth-order valence-electron chi connectivity index (χ4n) is 2.38. The minimum Gasteiger partial charge on any atom is -0.310 e. The molecule has 2 heterocycles. The fraction of sp³-hybridized carbons (Fsp3) is 0.222. The zero-order valence-electron chi connectivity index (χ0n) is 14.1. The molecule has 0 aliphatic heterocycles. The predicted molar refractivity (Wildman–Crippen MR) is 99.1 cm³/mol. The highest BCUT2D eigenvalue weighted by atomic mass is 32.2. The Morgan fingerprint density at radius 3 is 2.84 bits per heavy atom. The fourth-order valence-corrected chi connectivity index (χ4v) is 3.11. The molecule has 1 amide bonds. The van der Waals surface area contributed by atoms with Gasteiger partial charge < -0.3 is 5.32 Å². The third kappa shape index (κ3) is 4.24. The van der Waals surface area contributed by atoms with Crippen molar-refractivity contribution in [2.24, 2.45) is 0 Å². The third-order valence-electron chi connectivity index (χ3n) is 3.66. The lowest BCUT2D eigenvalue weighted by Crippen LogP contribution is -2.15. The summed E-state index contributed by atoms with van der Waals surface area (Å²) in [4.78, 5) is 16.3. The van der Waals surface area contributed by atoms with Crippen LogP contribution in [0.5, 0.6) is 0 Å². The lowest BCUT2D eigenvalue weighted by molar-refractivity contribution is -0.113. The predicted octanol–water partition coefficient (Wildman–Crippen LogP) is 3.26. The summed E-state index contributed by atoms with van der Waals surface area (Å²) in [6, 6.07) is 11.8. The van der Waals surface area contributed by atoms with E-state index < -0.39 is 0 Å². The molecule has 6 nitrogen and oxygen atoms in total. The van der Waals surface area contributed by atoms with Crippen molar-refractivity contribution >= 4 is 23.5 Å². The first-order valence-electron chi connectivity index (χ1n) is 8.01. The molecule has 0 atom stereocenters. The minimum atomic E-state index is -0.125. The average molecular weight is 353 g/mol. The molecular formula is C18H19N5OS. The van der Waals surface area contributed by atoms with Crippen molar-refractivity contribution in [2.75, 3.05) is 11.1 Å². The summed E-state index contributed by atoms with van der Waals surface area (Å²) in [6.45, 7) is 4.06. The van der Waals surface area contributed by atoms with Crippen molar-refractivity contribution in [1.29, 1.82) is 0 Å². The SMILES string of the molecule is CCc1ccccc1-n1cnnc1SCC(=O)Nc1ccc(C)cn1. The highest BCUT2D eigenvalue weighted by molar-refractivity contribution is 7.99. The minimum absolute atomic E-state index is 0.125. The first-order valence-corrected chi connectivity index (χ1v) is 8.99. The van der Waals surface area contributed by atoms with Crippen molar-refractivity contribution in [1.82, 2.24) is 19.7 Å². The van der Waals surface area contributed by atoms with Gasteiger partial charge in [0, 0.05) is 6.20 Å². The molecule has 0 spiro atoms. The molecule has 0 saturated heterocycles. The van der Waals surface area contributed by atoms with E-state index in [1.807, 2.05) is 35.8 Å². The van der Waals surface area contributed by atoms with Gasteiger partial charge in [-0.1, -0.05) is 43.0 Å². The third-order valence-corrected chi connectivity index (χ3v) is 4.60. The summed E-state index contributed by atoms with van der Waals surface area (Å²) in [7, 11) is 0. The standard InChI is InChI=1S/C18H19N5OS/c1-3-14-6-4-5-7-15(14)23-12-20-22-18(23)25-11-17(24)21-16-9-8-13(2)10-19-16/h4-10,12H,3,11H2,1-2H3,(H,19,21,24). The Morgan fingerprint density at radius 1 is 1.24 bits per heavy atom. The topological polar surface area (TPSA) is 72.7 Å². The summed E-state index contributed by atoms with van der Waals surface area (Å²) in [5.41, 5.74) is 3.30. The highest BCUT2D eigenvalue weighted by Gasteiger charge is 2.12. The second-order valence-electron chi connectivity index (χ2n) is 5.52. The monoisotopic (exact) mass is 353 g/mol. The van der Waals surface area contributed by atoms with E-state index >= 15 is 0 Å². The molecule has 128 valence electrons. The summed E-state index contributed by atoms with van der Waals surface area (Å²) < 4.78 is 1.92. The first-order chi connectivity index (χ1) is 12.2. The van der Waals surface area contributed by atoms with Gasteiger partial charge in [0.25, 0.3) is 0 Å². The van der Waals surface area contributed by atoms with Crippen molar-refractivity contribution in [3.8, 4) is 5.69 Å². The normalized spacial score (nSPS) is 10.6. The Kier molecular flexibility index (Phi) is 5.45. The van der Waals surface area contributed by atoms with Gasteiger partial charge in [-0.3, -0.25) is 9.36 Å². The Hall–Kier alpha value is -2.67. The van der Waals surface area contributed by atoms with Gasteiger partial charge in [-0.25, -0.2) is 4.98 Å². The zero-order valence-corrected chi connectivity index (χ0v) is 15.0. The van der Waals surface area contributed by atoms with Crippen molar-refractivity contribution in [2.45, 2.75) is 25.4 Å². The lowest BCUT2D eigenvalue weighted by atomic mass is 10.1. The van der Waals surface area contributed by atoms with E-state index in [0.717, 1.165) is 17.7 Å². The number of para-hydroxylation sites is 1. The van der Waals surface area contributed by atoms with Gasteiger partial charge >= 0.3 is 0 Å². The van der Waals surface area contributed by atoms with Crippen LogP contribution in [0, 0.1) is 6.92 Å². The molecule has 3 rings (SSSR count). The van der Waals surface area contributed by atoms with Crippen LogP contribution in [0.3, 0.4) is 0 Å². The number of rotatable bonds is 6. The van der Waals surface area contributed by atoms with E-state index in [9.17, 15) is 4.79 Å². The average Bonchev–Trinajstić information content (AvgIpc) is 3.10. The van der Waals surface area contributed by atoms with Crippen molar-refractivity contribution < 1.29 is 4.79 Å². The van der Waals surface area contributed by atoms with Gasteiger partial charge in [-0.15, -0.1) is 10.2 Å². The molecule has 1 aromatic carbocycles. The molecule has 0 fully saturated rings.